The lowest BCUT2D eigenvalue weighted by atomic mass is 10.1. The molecule has 0 bridgehead atoms. The molecule has 0 aromatic heterocycles. The smallest absolute Gasteiger partial charge is 0.242 e. The largest absolute Gasteiger partial charge is 0.380 e. The molecule has 0 saturated carbocycles. The van der Waals surface area contributed by atoms with Crippen molar-refractivity contribution in [3.63, 3.8) is 0 Å². The maximum absolute atomic E-state index is 12.4. The van der Waals surface area contributed by atoms with E-state index in [1.54, 1.807) is 0 Å². The molecule has 1 aliphatic rings. The molecule has 0 radical (unpaired) electrons. The second kappa shape index (κ2) is 6.60. The van der Waals surface area contributed by atoms with Crippen LogP contribution in [0.3, 0.4) is 0 Å². The Kier molecular flexibility index (Phi) is 5.28. The second-order valence-electron chi connectivity index (χ2n) is 4.58. The summed E-state index contributed by atoms with van der Waals surface area (Å²) in [5, 5.41) is 0.432. The van der Waals surface area contributed by atoms with E-state index in [-0.39, 0.29) is 22.5 Å². The van der Waals surface area contributed by atoms with Crippen LogP contribution in [-0.4, -0.2) is 27.7 Å². The summed E-state index contributed by atoms with van der Waals surface area (Å²) in [6.45, 7) is 1.11. The van der Waals surface area contributed by atoms with Crippen LogP contribution < -0.4 is 10.5 Å². The van der Waals surface area contributed by atoms with E-state index < -0.39 is 10.0 Å². The predicted octanol–water partition coefficient (Wildman–Crippen LogP) is 1.91. The summed E-state index contributed by atoms with van der Waals surface area (Å²) in [6, 6.07) is 2.64. The van der Waals surface area contributed by atoms with Gasteiger partial charge in [-0.1, -0.05) is 23.2 Å². The summed E-state index contributed by atoms with van der Waals surface area (Å²) in [4.78, 5) is -0.00501. The molecule has 2 rings (SSSR count). The normalized spacial score (nSPS) is 20.1. The fourth-order valence-electron chi connectivity index (χ4n) is 2.09. The summed E-state index contributed by atoms with van der Waals surface area (Å²) in [7, 11) is -3.72. The van der Waals surface area contributed by atoms with E-state index in [1.807, 2.05) is 0 Å². The van der Waals surface area contributed by atoms with Crippen LogP contribution in [-0.2, 0) is 21.3 Å². The maximum Gasteiger partial charge on any atom is 0.242 e. The molecule has 1 aromatic rings. The molecular weight excluding hydrogens is 323 g/mol. The third-order valence-electron chi connectivity index (χ3n) is 3.13. The van der Waals surface area contributed by atoms with Crippen molar-refractivity contribution in [1.82, 2.24) is 4.72 Å². The Hall–Kier alpha value is -0.370. The first-order valence-electron chi connectivity index (χ1n) is 6.22. The van der Waals surface area contributed by atoms with Gasteiger partial charge in [-0.3, -0.25) is 0 Å². The molecular formula is C12H16Cl2N2O3S. The number of nitrogens with one attached hydrogen (secondary N) is 1. The average molecular weight is 339 g/mol. The van der Waals surface area contributed by atoms with E-state index in [9.17, 15) is 8.42 Å². The number of halogens is 2. The van der Waals surface area contributed by atoms with Crippen molar-refractivity contribution in [2.75, 3.05) is 13.2 Å². The number of hydrogen-bond donors (Lipinski definition) is 2. The Morgan fingerprint density at radius 1 is 1.40 bits per heavy atom. The summed E-state index contributed by atoms with van der Waals surface area (Å²) in [5.74, 6) is 0. The minimum Gasteiger partial charge on any atom is -0.380 e. The Labute approximate surface area is 128 Å². The zero-order valence-electron chi connectivity index (χ0n) is 10.7. The lowest BCUT2D eigenvalue weighted by Gasteiger charge is -2.23. The van der Waals surface area contributed by atoms with Gasteiger partial charge < -0.3 is 10.5 Å². The monoisotopic (exact) mass is 338 g/mol. The molecule has 1 aromatic carbocycles. The van der Waals surface area contributed by atoms with Crippen molar-refractivity contribution in [1.29, 1.82) is 0 Å². The first-order chi connectivity index (χ1) is 9.45. The third kappa shape index (κ3) is 3.44. The average Bonchev–Trinajstić information content (AvgIpc) is 2.39. The molecule has 1 atom stereocenters. The molecule has 1 aliphatic heterocycles. The van der Waals surface area contributed by atoms with Gasteiger partial charge in [0.2, 0.25) is 10.0 Å². The van der Waals surface area contributed by atoms with Crippen molar-refractivity contribution in [2.45, 2.75) is 30.3 Å². The standard InChI is InChI=1S/C12H16Cl2N2O3S/c13-10-3-4-11(12(14)9(10)6-15)20(17,18)16-8-2-1-5-19-7-8/h3-4,8,16H,1-2,5-7,15H2. The molecule has 112 valence electrons. The van der Waals surface area contributed by atoms with Crippen LogP contribution in [0.5, 0.6) is 0 Å². The lowest BCUT2D eigenvalue weighted by molar-refractivity contribution is 0.0774. The summed E-state index contributed by atoms with van der Waals surface area (Å²) >= 11 is 12.0. The molecule has 1 saturated heterocycles. The van der Waals surface area contributed by atoms with Crippen molar-refractivity contribution in [3.8, 4) is 0 Å². The summed E-state index contributed by atoms with van der Waals surface area (Å²) in [6.07, 6.45) is 1.57. The zero-order valence-corrected chi connectivity index (χ0v) is 13.1. The van der Waals surface area contributed by atoms with Crippen LogP contribution in [0.25, 0.3) is 0 Å². The van der Waals surface area contributed by atoms with Crippen LogP contribution in [0.15, 0.2) is 17.0 Å². The quantitative estimate of drug-likeness (QED) is 0.878. The number of sulfonamides is 1. The topological polar surface area (TPSA) is 81.4 Å². The van der Waals surface area contributed by atoms with E-state index in [0.29, 0.717) is 23.8 Å². The molecule has 0 aliphatic carbocycles. The second-order valence-corrected chi connectivity index (χ2v) is 7.05. The zero-order chi connectivity index (χ0) is 14.8. The van der Waals surface area contributed by atoms with Crippen LogP contribution in [0.1, 0.15) is 18.4 Å². The van der Waals surface area contributed by atoms with Crippen LogP contribution in [0, 0.1) is 0 Å². The summed E-state index contributed by atoms with van der Waals surface area (Å²) in [5.41, 5.74) is 5.97. The van der Waals surface area contributed by atoms with E-state index in [2.05, 4.69) is 4.72 Å². The fourth-order valence-corrected chi connectivity index (χ4v) is 4.28. The van der Waals surface area contributed by atoms with Crippen molar-refractivity contribution >= 4 is 33.2 Å². The molecule has 1 fully saturated rings. The van der Waals surface area contributed by atoms with E-state index in [1.165, 1.54) is 12.1 Å². The number of benzene rings is 1. The van der Waals surface area contributed by atoms with Crippen LogP contribution in [0.4, 0.5) is 0 Å². The maximum atomic E-state index is 12.4. The van der Waals surface area contributed by atoms with Gasteiger partial charge in [-0.2, -0.15) is 0 Å². The lowest BCUT2D eigenvalue weighted by Crippen LogP contribution is -2.40. The highest BCUT2D eigenvalue weighted by atomic mass is 35.5. The minimum atomic E-state index is -3.72. The van der Waals surface area contributed by atoms with E-state index in [4.69, 9.17) is 33.7 Å². The Morgan fingerprint density at radius 3 is 2.75 bits per heavy atom. The molecule has 20 heavy (non-hydrogen) atoms. The van der Waals surface area contributed by atoms with Gasteiger partial charge in [-0.25, -0.2) is 13.1 Å². The highest BCUT2D eigenvalue weighted by Gasteiger charge is 2.25. The Morgan fingerprint density at radius 2 is 2.15 bits per heavy atom. The number of nitrogens with two attached hydrogens (primary N) is 1. The highest BCUT2D eigenvalue weighted by molar-refractivity contribution is 7.89. The molecule has 3 N–H and O–H groups in total. The highest BCUT2D eigenvalue weighted by Crippen LogP contribution is 2.31. The van der Waals surface area contributed by atoms with E-state index in [0.717, 1.165) is 12.8 Å². The first-order valence-corrected chi connectivity index (χ1v) is 8.46. The van der Waals surface area contributed by atoms with Crippen molar-refractivity contribution in [2.24, 2.45) is 5.73 Å². The first kappa shape index (κ1) is 16.0. The van der Waals surface area contributed by atoms with Crippen LogP contribution >= 0.6 is 23.2 Å². The van der Waals surface area contributed by atoms with E-state index >= 15 is 0 Å². The van der Waals surface area contributed by atoms with Gasteiger partial charge >= 0.3 is 0 Å². The SMILES string of the molecule is NCc1c(Cl)ccc(S(=O)(=O)NC2CCCOC2)c1Cl. The van der Waals surface area contributed by atoms with Gasteiger partial charge in [0.05, 0.1) is 11.6 Å². The predicted molar refractivity (Wildman–Crippen MR) is 78.5 cm³/mol. The van der Waals surface area contributed by atoms with Gasteiger partial charge in [0.25, 0.3) is 0 Å². The minimum absolute atomic E-state index is 0.00501. The molecule has 0 spiro atoms. The Bertz CT molecular complexity index is 587. The number of rotatable bonds is 4. The molecule has 1 heterocycles. The molecule has 8 heteroatoms. The molecule has 0 amide bonds. The van der Waals surface area contributed by atoms with Gasteiger partial charge in [-0.15, -0.1) is 0 Å². The van der Waals surface area contributed by atoms with Gasteiger partial charge in [-0.05, 0) is 25.0 Å². The van der Waals surface area contributed by atoms with Crippen molar-refractivity contribution < 1.29 is 13.2 Å². The third-order valence-corrected chi connectivity index (χ3v) is 5.59. The number of ether oxygens (including phenoxy) is 1. The van der Waals surface area contributed by atoms with Gasteiger partial charge in [0, 0.05) is 29.8 Å². The number of hydrogen-bond acceptors (Lipinski definition) is 4. The fraction of sp³-hybridized carbons (Fsp3) is 0.500. The van der Waals surface area contributed by atoms with Gasteiger partial charge in [0.1, 0.15) is 4.90 Å². The Balaban J connectivity index is 2.29. The van der Waals surface area contributed by atoms with Crippen molar-refractivity contribution in [3.05, 3.63) is 27.7 Å². The molecule has 1 unspecified atom stereocenters. The summed E-state index contributed by atoms with van der Waals surface area (Å²) < 4.78 is 32.6. The molecule has 5 nitrogen and oxygen atoms in total. The van der Waals surface area contributed by atoms with Gasteiger partial charge in [0.15, 0.2) is 0 Å². The van der Waals surface area contributed by atoms with Crippen LogP contribution in [0.2, 0.25) is 10.0 Å².